The molecule has 0 saturated heterocycles. The predicted molar refractivity (Wildman–Crippen MR) is 108 cm³/mol. The number of nitrogens with one attached hydrogen (secondary N) is 1. The summed E-state index contributed by atoms with van der Waals surface area (Å²) < 4.78 is 30.5. The summed E-state index contributed by atoms with van der Waals surface area (Å²) in [4.78, 5) is 9.00. The van der Waals surface area contributed by atoms with Crippen molar-refractivity contribution in [2.24, 2.45) is 0 Å². The van der Waals surface area contributed by atoms with E-state index in [4.69, 9.17) is 0 Å². The van der Waals surface area contributed by atoms with E-state index >= 15 is 0 Å². The van der Waals surface area contributed by atoms with Gasteiger partial charge in [-0.25, -0.2) is 18.4 Å². The number of rotatable bonds is 4. The van der Waals surface area contributed by atoms with Crippen LogP contribution in [0, 0.1) is 6.92 Å². The summed E-state index contributed by atoms with van der Waals surface area (Å²) in [5.74, 6) is 0.601. The van der Waals surface area contributed by atoms with Crippen LogP contribution in [-0.2, 0) is 10.0 Å². The normalized spacial score (nSPS) is 11.6. The van der Waals surface area contributed by atoms with Gasteiger partial charge in [-0.1, -0.05) is 24.3 Å². The molecule has 136 valence electrons. The average Bonchev–Trinajstić information content (AvgIpc) is 2.99. The minimum atomic E-state index is -3.71. The lowest BCUT2D eigenvalue weighted by atomic mass is 10.1. The molecule has 0 aliphatic rings. The van der Waals surface area contributed by atoms with Gasteiger partial charge in [-0.15, -0.1) is 0 Å². The Kier molecular flexibility index (Phi) is 4.45. The number of halogens is 1. The lowest BCUT2D eigenvalue weighted by molar-refractivity contribution is 0.601. The SMILES string of the molecule is Cc1c(-c2cccc(NS(=O)(=O)c3ccccc3Br)c2)nc2ncccn12. The van der Waals surface area contributed by atoms with E-state index in [1.165, 1.54) is 0 Å². The molecule has 0 aliphatic carbocycles. The third kappa shape index (κ3) is 3.33. The third-order valence-corrected chi connectivity index (χ3v) is 6.55. The van der Waals surface area contributed by atoms with E-state index in [9.17, 15) is 8.42 Å². The molecule has 0 bridgehead atoms. The summed E-state index contributed by atoms with van der Waals surface area (Å²) in [5.41, 5.74) is 2.97. The van der Waals surface area contributed by atoms with Gasteiger partial charge in [0.1, 0.15) is 4.90 Å². The topological polar surface area (TPSA) is 76.4 Å². The summed E-state index contributed by atoms with van der Waals surface area (Å²) in [6.07, 6.45) is 3.58. The van der Waals surface area contributed by atoms with Crippen LogP contribution in [0.25, 0.3) is 17.0 Å². The van der Waals surface area contributed by atoms with E-state index in [1.54, 1.807) is 48.7 Å². The number of aryl methyl sites for hydroxylation is 1. The van der Waals surface area contributed by atoms with E-state index in [2.05, 4.69) is 30.6 Å². The van der Waals surface area contributed by atoms with Gasteiger partial charge in [0.25, 0.3) is 10.0 Å². The first-order valence-corrected chi connectivity index (χ1v) is 10.4. The minimum Gasteiger partial charge on any atom is -0.288 e. The number of hydrogen-bond donors (Lipinski definition) is 1. The molecule has 0 saturated carbocycles. The number of sulfonamides is 1. The second-order valence-electron chi connectivity index (χ2n) is 5.95. The zero-order chi connectivity index (χ0) is 19.0. The van der Waals surface area contributed by atoms with E-state index < -0.39 is 10.0 Å². The molecule has 2 heterocycles. The molecule has 27 heavy (non-hydrogen) atoms. The Balaban J connectivity index is 1.73. The highest BCUT2D eigenvalue weighted by atomic mass is 79.9. The van der Waals surface area contributed by atoms with Crippen LogP contribution in [0.5, 0.6) is 0 Å². The zero-order valence-corrected chi connectivity index (χ0v) is 16.7. The Morgan fingerprint density at radius 3 is 2.67 bits per heavy atom. The van der Waals surface area contributed by atoms with Crippen LogP contribution in [0.2, 0.25) is 0 Å². The molecular formula is C19H15BrN4O2S. The monoisotopic (exact) mass is 442 g/mol. The highest BCUT2D eigenvalue weighted by Gasteiger charge is 2.18. The molecule has 0 amide bonds. The van der Waals surface area contributed by atoms with Crippen molar-refractivity contribution in [3.05, 3.63) is 77.2 Å². The van der Waals surface area contributed by atoms with Gasteiger partial charge in [-0.3, -0.25) is 9.12 Å². The molecule has 2 aromatic carbocycles. The summed E-state index contributed by atoms with van der Waals surface area (Å²) in [6, 6.07) is 15.7. The summed E-state index contributed by atoms with van der Waals surface area (Å²) in [6.45, 7) is 1.95. The van der Waals surface area contributed by atoms with Gasteiger partial charge in [-0.05, 0) is 53.2 Å². The van der Waals surface area contributed by atoms with Crippen molar-refractivity contribution in [3.63, 3.8) is 0 Å². The maximum atomic E-state index is 12.7. The third-order valence-electron chi connectivity index (χ3n) is 4.16. The van der Waals surface area contributed by atoms with Crippen LogP contribution in [0.15, 0.2) is 76.4 Å². The van der Waals surface area contributed by atoms with Crippen LogP contribution < -0.4 is 4.72 Å². The van der Waals surface area contributed by atoms with E-state index in [1.807, 2.05) is 29.7 Å². The molecule has 6 nitrogen and oxygen atoms in total. The summed E-state index contributed by atoms with van der Waals surface area (Å²) in [7, 11) is -3.71. The maximum Gasteiger partial charge on any atom is 0.263 e. The van der Waals surface area contributed by atoms with Crippen molar-refractivity contribution in [1.29, 1.82) is 0 Å². The van der Waals surface area contributed by atoms with Crippen LogP contribution >= 0.6 is 15.9 Å². The van der Waals surface area contributed by atoms with Crippen molar-refractivity contribution in [2.45, 2.75) is 11.8 Å². The smallest absolute Gasteiger partial charge is 0.263 e. The number of benzene rings is 2. The van der Waals surface area contributed by atoms with Crippen LogP contribution in [0.3, 0.4) is 0 Å². The molecule has 0 aliphatic heterocycles. The molecule has 4 aromatic rings. The van der Waals surface area contributed by atoms with Crippen molar-refractivity contribution in [2.75, 3.05) is 4.72 Å². The number of aromatic nitrogens is 3. The second kappa shape index (κ2) is 6.79. The first-order valence-electron chi connectivity index (χ1n) is 8.13. The lowest BCUT2D eigenvalue weighted by Gasteiger charge is -2.10. The van der Waals surface area contributed by atoms with E-state index in [0.29, 0.717) is 15.9 Å². The van der Waals surface area contributed by atoms with Crippen molar-refractivity contribution < 1.29 is 8.42 Å². The van der Waals surface area contributed by atoms with Crippen LogP contribution in [0.4, 0.5) is 5.69 Å². The highest BCUT2D eigenvalue weighted by Crippen LogP contribution is 2.28. The van der Waals surface area contributed by atoms with Crippen LogP contribution in [0.1, 0.15) is 5.69 Å². The molecule has 0 spiro atoms. The van der Waals surface area contributed by atoms with Gasteiger partial charge in [0, 0.05) is 33.8 Å². The largest absolute Gasteiger partial charge is 0.288 e. The van der Waals surface area contributed by atoms with Crippen molar-refractivity contribution in [3.8, 4) is 11.3 Å². The first-order chi connectivity index (χ1) is 13.0. The average molecular weight is 443 g/mol. The molecule has 0 unspecified atom stereocenters. The lowest BCUT2D eigenvalue weighted by Crippen LogP contribution is -2.13. The minimum absolute atomic E-state index is 0.184. The van der Waals surface area contributed by atoms with Gasteiger partial charge in [-0.2, -0.15) is 0 Å². The number of anilines is 1. The number of imidazole rings is 1. The Bertz CT molecular complexity index is 1250. The van der Waals surface area contributed by atoms with Gasteiger partial charge in [0.2, 0.25) is 5.78 Å². The fourth-order valence-corrected chi connectivity index (χ4v) is 4.93. The quantitative estimate of drug-likeness (QED) is 0.511. The Labute approximate surface area is 165 Å². The molecule has 2 aromatic heterocycles. The molecule has 0 fully saturated rings. The van der Waals surface area contributed by atoms with E-state index in [-0.39, 0.29) is 4.90 Å². The predicted octanol–water partition coefficient (Wildman–Crippen LogP) is 4.27. The fraction of sp³-hybridized carbons (Fsp3) is 0.0526. The first kappa shape index (κ1) is 17.7. The second-order valence-corrected chi connectivity index (χ2v) is 8.46. The molecule has 0 atom stereocenters. The van der Waals surface area contributed by atoms with Crippen LogP contribution in [-0.4, -0.2) is 22.8 Å². The van der Waals surface area contributed by atoms with Gasteiger partial charge in [0.05, 0.1) is 5.69 Å². The van der Waals surface area contributed by atoms with Gasteiger partial charge >= 0.3 is 0 Å². The fourth-order valence-electron chi connectivity index (χ4n) is 2.88. The maximum absolute atomic E-state index is 12.7. The number of hydrogen-bond acceptors (Lipinski definition) is 4. The Morgan fingerprint density at radius 1 is 1.07 bits per heavy atom. The highest BCUT2D eigenvalue weighted by molar-refractivity contribution is 9.10. The standard InChI is InChI=1S/C19H15BrN4O2S/c1-13-18(22-19-21-10-5-11-24(13)19)14-6-4-7-15(12-14)23-27(25,26)17-9-3-2-8-16(17)20/h2-12,23H,1H3. The molecular weight excluding hydrogens is 428 g/mol. The summed E-state index contributed by atoms with van der Waals surface area (Å²) >= 11 is 3.29. The van der Waals surface area contributed by atoms with Gasteiger partial charge in [0.15, 0.2) is 0 Å². The number of nitrogens with zero attached hydrogens (tertiary/aromatic N) is 3. The molecule has 0 radical (unpaired) electrons. The summed E-state index contributed by atoms with van der Waals surface area (Å²) in [5, 5.41) is 0. The molecule has 8 heteroatoms. The number of fused-ring (bicyclic) bond motifs is 1. The van der Waals surface area contributed by atoms with Crippen molar-refractivity contribution >= 4 is 37.4 Å². The van der Waals surface area contributed by atoms with Crippen molar-refractivity contribution in [1.82, 2.24) is 14.4 Å². The Hall–Kier alpha value is -2.71. The van der Waals surface area contributed by atoms with E-state index in [0.717, 1.165) is 17.0 Å². The van der Waals surface area contributed by atoms with Gasteiger partial charge < -0.3 is 0 Å². The Morgan fingerprint density at radius 2 is 1.89 bits per heavy atom. The molecule has 1 N–H and O–H groups in total. The molecule has 4 rings (SSSR count). The zero-order valence-electron chi connectivity index (χ0n) is 14.3.